The average Bonchev–Trinajstić information content (AvgIpc) is 1.65. The van der Waals surface area contributed by atoms with Crippen LogP contribution in [-0.4, -0.2) is 10.2 Å². The molecule has 0 heterocycles. The molecular formula is C5H8Br2. The van der Waals surface area contributed by atoms with E-state index in [0.717, 1.165) is 10.9 Å². The average molecular weight is 228 g/mol. The fourth-order valence-electron chi connectivity index (χ4n) is 0.132. The van der Waals surface area contributed by atoms with Crippen LogP contribution in [0.4, 0.5) is 0 Å². The molecule has 2 heteroatoms. The lowest BCUT2D eigenvalue weighted by Gasteiger charge is -2.00. The maximum atomic E-state index is 3.75. The zero-order chi connectivity index (χ0) is 5.86. The van der Waals surface area contributed by atoms with Crippen LogP contribution in [0.1, 0.15) is 6.92 Å². The second-order valence-electron chi connectivity index (χ2n) is 1.47. The predicted octanol–water partition coefficient (Wildman–Crippen LogP) is 2.72. The van der Waals surface area contributed by atoms with Crippen LogP contribution < -0.4 is 0 Å². The monoisotopic (exact) mass is 226 g/mol. The third-order valence-corrected chi connectivity index (χ3v) is 3.29. The molecule has 0 fully saturated rings. The van der Waals surface area contributed by atoms with Gasteiger partial charge in [-0.15, -0.1) is 0 Å². The highest BCUT2D eigenvalue weighted by atomic mass is 79.9. The second-order valence-corrected chi connectivity index (χ2v) is 3.22. The molecule has 0 saturated carbocycles. The molecule has 0 amide bonds. The maximum absolute atomic E-state index is 3.75. The molecule has 1 unspecified atom stereocenters. The summed E-state index contributed by atoms with van der Waals surface area (Å²) in [6.07, 6.45) is 0. The summed E-state index contributed by atoms with van der Waals surface area (Å²) in [5, 5.41) is 0.947. The van der Waals surface area contributed by atoms with E-state index < -0.39 is 0 Å². The Morgan fingerprint density at radius 3 is 2.29 bits per heavy atom. The van der Waals surface area contributed by atoms with Gasteiger partial charge in [-0.3, -0.25) is 0 Å². The summed E-state index contributed by atoms with van der Waals surface area (Å²) in [5.74, 6) is 0. The van der Waals surface area contributed by atoms with E-state index in [-0.39, 0.29) is 0 Å². The molecule has 0 saturated heterocycles. The molecule has 0 rings (SSSR count). The first kappa shape index (κ1) is 7.70. The number of hydrogen-bond donors (Lipinski definition) is 0. The molecule has 0 aromatic carbocycles. The SMILES string of the molecule is C=C(C)C(Br)CBr. The van der Waals surface area contributed by atoms with Crippen LogP contribution in [0.2, 0.25) is 0 Å². The zero-order valence-corrected chi connectivity index (χ0v) is 7.42. The van der Waals surface area contributed by atoms with Gasteiger partial charge in [0.25, 0.3) is 0 Å². The molecule has 0 aromatic heterocycles. The summed E-state index contributed by atoms with van der Waals surface area (Å²) >= 11 is 6.70. The highest BCUT2D eigenvalue weighted by Crippen LogP contribution is 2.11. The number of halogens is 2. The molecule has 0 radical (unpaired) electrons. The van der Waals surface area contributed by atoms with Gasteiger partial charge in [-0.05, 0) is 6.92 Å². The molecule has 0 nitrogen and oxygen atoms in total. The third-order valence-electron chi connectivity index (χ3n) is 0.670. The standard InChI is InChI=1S/C5H8Br2/c1-4(2)5(7)3-6/h5H,1,3H2,2H3. The Morgan fingerprint density at radius 1 is 1.86 bits per heavy atom. The van der Waals surface area contributed by atoms with Crippen LogP contribution >= 0.6 is 31.9 Å². The Bertz CT molecular complexity index is 68.5. The summed E-state index contributed by atoms with van der Waals surface area (Å²) in [5.41, 5.74) is 1.16. The van der Waals surface area contributed by atoms with Crippen molar-refractivity contribution in [3.63, 3.8) is 0 Å². The van der Waals surface area contributed by atoms with Crippen LogP contribution in [0.25, 0.3) is 0 Å². The summed E-state index contributed by atoms with van der Waals surface area (Å²) in [6.45, 7) is 5.75. The van der Waals surface area contributed by atoms with E-state index in [1.807, 2.05) is 6.92 Å². The van der Waals surface area contributed by atoms with Crippen LogP contribution in [-0.2, 0) is 0 Å². The van der Waals surface area contributed by atoms with Gasteiger partial charge in [-0.25, -0.2) is 0 Å². The van der Waals surface area contributed by atoms with Gasteiger partial charge in [-0.1, -0.05) is 44.0 Å². The van der Waals surface area contributed by atoms with Crippen molar-refractivity contribution >= 4 is 31.9 Å². The maximum Gasteiger partial charge on any atom is 0.0446 e. The molecule has 0 aliphatic carbocycles. The smallest absolute Gasteiger partial charge is 0.0446 e. The Labute approximate surface area is 61.2 Å². The Balaban J connectivity index is 3.34. The number of rotatable bonds is 2. The van der Waals surface area contributed by atoms with E-state index in [4.69, 9.17) is 0 Å². The summed E-state index contributed by atoms with van der Waals surface area (Å²) in [4.78, 5) is 0.437. The van der Waals surface area contributed by atoms with Crippen molar-refractivity contribution in [1.82, 2.24) is 0 Å². The quantitative estimate of drug-likeness (QED) is 0.503. The van der Waals surface area contributed by atoms with Crippen LogP contribution in [0, 0.1) is 0 Å². The minimum atomic E-state index is 0.437. The van der Waals surface area contributed by atoms with Crippen molar-refractivity contribution in [2.45, 2.75) is 11.8 Å². The van der Waals surface area contributed by atoms with E-state index >= 15 is 0 Å². The lowest BCUT2D eigenvalue weighted by Crippen LogP contribution is -1.97. The van der Waals surface area contributed by atoms with Gasteiger partial charge in [0, 0.05) is 10.2 Å². The van der Waals surface area contributed by atoms with Crippen molar-refractivity contribution in [2.24, 2.45) is 0 Å². The molecular weight excluding hydrogens is 220 g/mol. The minimum Gasteiger partial charge on any atom is -0.0990 e. The van der Waals surface area contributed by atoms with Gasteiger partial charge in [-0.2, -0.15) is 0 Å². The van der Waals surface area contributed by atoms with Gasteiger partial charge in [0.2, 0.25) is 0 Å². The third kappa shape index (κ3) is 3.30. The van der Waals surface area contributed by atoms with E-state index in [2.05, 4.69) is 38.4 Å². The lowest BCUT2D eigenvalue weighted by atomic mass is 10.3. The van der Waals surface area contributed by atoms with Gasteiger partial charge in [0.05, 0.1) is 0 Å². The van der Waals surface area contributed by atoms with Gasteiger partial charge < -0.3 is 0 Å². The summed E-state index contributed by atoms with van der Waals surface area (Å²) in [6, 6.07) is 0. The molecule has 0 aromatic rings. The summed E-state index contributed by atoms with van der Waals surface area (Å²) in [7, 11) is 0. The topological polar surface area (TPSA) is 0 Å². The minimum absolute atomic E-state index is 0.437. The van der Waals surface area contributed by atoms with E-state index in [9.17, 15) is 0 Å². The number of hydrogen-bond acceptors (Lipinski definition) is 0. The largest absolute Gasteiger partial charge is 0.0990 e. The van der Waals surface area contributed by atoms with Gasteiger partial charge >= 0.3 is 0 Å². The fraction of sp³-hybridized carbons (Fsp3) is 0.600. The molecule has 0 aliphatic heterocycles. The Kier molecular flexibility index (Phi) is 4.04. The van der Waals surface area contributed by atoms with Crippen molar-refractivity contribution in [2.75, 3.05) is 5.33 Å². The first-order valence-corrected chi connectivity index (χ1v) is 4.07. The predicted molar refractivity (Wildman–Crippen MR) is 41.3 cm³/mol. The van der Waals surface area contributed by atoms with E-state index in [0.29, 0.717) is 4.83 Å². The molecule has 7 heavy (non-hydrogen) atoms. The van der Waals surface area contributed by atoms with E-state index in [1.165, 1.54) is 0 Å². The molecule has 0 N–H and O–H groups in total. The molecule has 0 bridgehead atoms. The molecule has 0 spiro atoms. The number of allylic oxidation sites excluding steroid dienone is 1. The highest BCUT2D eigenvalue weighted by Gasteiger charge is 1.98. The lowest BCUT2D eigenvalue weighted by molar-refractivity contribution is 1.18. The van der Waals surface area contributed by atoms with Crippen LogP contribution in [0.3, 0.4) is 0 Å². The van der Waals surface area contributed by atoms with E-state index in [1.54, 1.807) is 0 Å². The Hall–Kier alpha value is 0.700. The first-order valence-electron chi connectivity index (χ1n) is 2.04. The van der Waals surface area contributed by atoms with Crippen LogP contribution in [0.5, 0.6) is 0 Å². The zero-order valence-electron chi connectivity index (χ0n) is 4.25. The normalized spacial score (nSPS) is 13.6. The summed E-state index contributed by atoms with van der Waals surface area (Å²) < 4.78 is 0. The van der Waals surface area contributed by atoms with Crippen LogP contribution in [0.15, 0.2) is 12.2 Å². The van der Waals surface area contributed by atoms with Crippen molar-refractivity contribution in [1.29, 1.82) is 0 Å². The second kappa shape index (κ2) is 3.67. The van der Waals surface area contributed by atoms with Crippen molar-refractivity contribution in [3.05, 3.63) is 12.2 Å². The first-order chi connectivity index (χ1) is 3.18. The number of alkyl halides is 2. The Morgan fingerprint density at radius 2 is 2.29 bits per heavy atom. The highest BCUT2D eigenvalue weighted by molar-refractivity contribution is 9.12. The molecule has 1 atom stereocenters. The molecule has 0 aliphatic rings. The molecule has 42 valence electrons. The van der Waals surface area contributed by atoms with Gasteiger partial charge in [0.1, 0.15) is 0 Å². The van der Waals surface area contributed by atoms with Crippen molar-refractivity contribution in [3.8, 4) is 0 Å². The fourth-order valence-corrected chi connectivity index (χ4v) is 0.684. The van der Waals surface area contributed by atoms with Crippen molar-refractivity contribution < 1.29 is 0 Å². The van der Waals surface area contributed by atoms with Gasteiger partial charge in [0.15, 0.2) is 0 Å².